The van der Waals surface area contributed by atoms with Crippen molar-refractivity contribution in [2.75, 3.05) is 19.7 Å². The van der Waals surface area contributed by atoms with Gasteiger partial charge in [-0.25, -0.2) is 0 Å². The van der Waals surface area contributed by atoms with E-state index in [2.05, 4.69) is 5.32 Å². The van der Waals surface area contributed by atoms with Gasteiger partial charge in [0.05, 0.1) is 5.60 Å². The van der Waals surface area contributed by atoms with Crippen LogP contribution in [0.1, 0.15) is 12.8 Å². The van der Waals surface area contributed by atoms with Gasteiger partial charge in [0, 0.05) is 13.0 Å². The van der Waals surface area contributed by atoms with Gasteiger partial charge in [0.2, 0.25) is 0 Å². The number of rotatable bonds is 2. The van der Waals surface area contributed by atoms with Crippen molar-refractivity contribution in [2.24, 2.45) is 0 Å². The third-order valence-electron chi connectivity index (χ3n) is 3.40. The highest BCUT2D eigenvalue weighted by Crippen LogP contribution is 2.33. The molecular weight excluding hydrogens is 218 g/mol. The molecule has 1 saturated heterocycles. The Bertz CT molecular complexity index is 401. The number of hydrogen-bond acceptors (Lipinski definition) is 4. The summed E-state index contributed by atoms with van der Waals surface area (Å²) in [4.78, 5) is 0. The first-order valence-electron chi connectivity index (χ1n) is 6.07. The van der Waals surface area contributed by atoms with Crippen molar-refractivity contribution < 1.29 is 14.6 Å². The fraction of sp³-hybridized carbons (Fsp3) is 0.538. The molecule has 2 aliphatic rings. The molecule has 0 aromatic heterocycles. The second-order valence-electron chi connectivity index (χ2n) is 4.85. The predicted octanol–water partition coefficient (Wildman–Crippen LogP) is 0.941. The first-order chi connectivity index (χ1) is 8.25. The third kappa shape index (κ3) is 2.23. The fourth-order valence-electron chi connectivity index (χ4n) is 2.49. The van der Waals surface area contributed by atoms with E-state index in [0.29, 0.717) is 19.6 Å². The molecule has 92 valence electrons. The Morgan fingerprint density at radius 1 is 1.35 bits per heavy atom. The number of fused-ring (bicyclic) bond motifs is 1. The number of aliphatic hydroxyl groups is 1. The highest BCUT2D eigenvalue weighted by Gasteiger charge is 2.36. The van der Waals surface area contributed by atoms with Crippen LogP contribution >= 0.6 is 0 Å². The second-order valence-corrected chi connectivity index (χ2v) is 4.85. The molecule has 4 heteroatoms. The smallest absolute Gasteiger partial charge is 0.161 e. The van der Waals surface area contributed by atoms with Crippen LogP contribution in [0.2, 0.25) is 0 Å². The van der Waals surface area contributed by atoms with Gasteiger partial charge < -0.3 is 19.9 Å². The molecule has 3 rings (SSSR count). The van der Waals surface area contributed by atoms with Crippen LogP contribution in [0.5, 0.6) is 11.5 Å². The average molecular weight is 235 g/mol. The van der Waals surface area contributed by atoms with Crippen molar-refractivity contribution in [3.63, 3.8) is 0 Å². The molecule has 1 fully saturated rings. The number of para-hydroxylation sites is 2. The minimum atomic E-state index is -0.639. The van der Waals surface area contributed by atoms with Crippen LogP contribution in [-0.4, -0.2) is 36.5 Å². The zero-order valence-corrected chi connectivity index (χ0v) is 9.69. The summed E-state index contributed by atoms with van der Waals surface area (Å²) in [5.41, 5.74) is -0.639. The molecule has 0 spiro atoms. The van der Waals surface area contributed by atoms with Crippen LogP contribution in [0.25, 0.3) is 0 Å². The van der Waals surface area contributed by atoms with E-state index in [4.69, 9.17) is 9.47 Å². The minimum absolute atomic E-state index is 0.0604. The maximum Gasteiger partial charge on any atom is 0.161 e. The lowest BCUT2D eigenvalue weighted by Crippen LogP contribution is -2.41. The summed E-state index contributed by atoms with van der Waals surface area (Å²) in [5, 5.41) is 13.5. The molecule has 17 heavy (non-hydrogen) atoms. The van der Waals surface area contributed by atoms with E-state index in [0.717, 1.165) is 24.5 Å². The van der Waals surface area contributed by atoms with Crippen LogP contribution in [0.3, 0.4) is 0 Å². The molecule has 0 aliphatic carbocycles. The van der Waals surface area contributed by atoms with Crippen LogP contribution in [0.15, 0.2) is 24.3 Å². The molecule has 1 aromatic rings. The Balaban J connectivity index is 1.68. The van der Waals surface area contributed by atoms with Gasteiger partial charge in [0.1, 0.15) is 12.7 Å². The van der Waals surface area contributed by atoms with Crippen LogP contribution in [-0.2, 0) is 0 Å². The normalized spacial score (nSPS) is 31.5. The fourth-order valence-corrected chi connectivity index (χ4v) is 2.49. The Kier molecular flexibility index (Phi) is 2.68. The maximum atomic E-state index is 10.3. The second kappa shape index (κ2) is 4.20. The number of hydrogen-bond donors (Lipinski definition) is 2. The molecule has 2 atom stereocenters. The molecule has 4 nitrogen and oxygen atoms in total. The van der Waals surface area contributed by atoms with E-state index in [1.54, 1.807) is 0 Å². The molecule has 1 aromatic carbocycles. The van der Waals surface area contributed by atoms with E-state index < -0.39 is 5.60 Å². The number of β-amino-alcohol motifs (C(OH)–C–C–N with tert-alkyl or cyclic N) is 1. The number of ether oxygens (including phenoxy) is 2. The molecule has 0 amide bonds. The molecule has 2 heterocycles. The minimum Gasteiger partial charge on any atom is -0.486 e. The molecule has 2 unspecified atom stereocenters. The van der Waals surface area contributed by atoms with Crippen molar-refractivity contribution >= 4 is 0 Å². The molecule has 0 bridgehead atoms. The summed E-state index contributed by atoms with van der Waals surface area (Å²) < 4.78 is 11.5. The van der Waals surface area contributed by atoms with Crippen LogP contribution in [0.4, 0.5) is 0 Å². The molecule has 0 radical (unpaired) electrons. The number of nitrogens with one attached hydrogen (secondary N) is 1. The van der Waals surface area contributed by atoms with E-state index in [1.807, 2.05) is 24.3 Å². The Hall–Kier alpha value is -1.26. The topological polar surface area (TPSA) is 50.7 Å². The Labute approximate surface area is 101 Å². The molecule has 0 saturated carbocycles. The van der Waals surface area contributed by atoms with Crippen molar-refractivity contribution in [3.05, 3.63) is 24.3 Å². The summed E-state index contributed by atoms with van der Waals surface area (Å²) in [7, 11) is 0. The standard InChI is InChI=1S/C13H17NO3/c15-13(5-6-14-9-13)7-10-8-16-11-3-1-2-4-12(11)17-10/h1-4,10,14-15H,5-9H2. The third-order valence-corrected chi connectivity index (χ3v) is 3.40. The summed E-state index contributed by atoms with van der Waals surface area (Å²) in [6.07, 6.45) is 1.35. The van der Waals surface area contributed by atoms with Crippen molar-refractivity contribution in [2.45, 2.75) is 24.5 Å². The zero-order valence-electron chi connectivity index (χ0n) is 9.69. The lowest BCUT2D eigenvalue weighted by Gasteiger charge is -2.31. The van der Waals surface area contributed by atoms with Crippen molar-refractivity contribution in [3.8, 4) is 11.5 Å². The van der Waals surface area contributed by atoms with E-state index in [1.165, 1.54) is 0 Å². The monoisotopic (exact) mass is 235 g/mol. The maximum absolute atomic E-state index is 10.3. The Morgan fingerprint density at radius 2 is 2.18 bits per heavy atom. The highest BCUT2D eigenvalue weighted by molar-refractivity contribution is 5.40. The summed E-state index contributed by atoms with van der Waals surface area (Å²) in [6.45, 7) is 2.04. The van der Waals surface area contributed by atoms with E-state index in [-0.39, 0.29) is 6.10 Å². The van der Waals surface area contributed by atoms with E-state index >= 15 is 0 Å². The largest absolute Gasteiger partial charge is 0.486 e. The first-order valence-corrected chi connectivity index (χ1v) is 6.07. The van der Waals surface area contributed by atoms with Gasteiger partial charge in [-0.15, -0.1) is 0 Å². The van der Waals surface area contributed by atoms with Crippen molar-refractivity contribution in [1.29, 1.82) is 0 Å². The summed E-state index contributed by atoms with van der Waals surface area (Å²) >= 11 is 0. The van der Waals surface area contributed by atoms with Gasteiger partial charge in [-0.3, -0.25) is 0 Å². The zero-order chi connectivity index (χ0) is 11.7. The van der Waals surface area contributed by atoms with Gasteiger partial charge in [0.25, 0.3) is 0 Å². The number of benzene rings is 1. The summed E-state index contributed by atoms with van der Waals surface area (Å²) in [5.74, 6) is 1.57. The molecule has 2 aliphatic heterocycles. The first kappa shape index (κ1) is 10.9. The molecule has 2 N–H and O–H groups in total. The lowest BCUT2D eigenvalue weighted by atomic mass is 9.95. The highest BCUT2D eigenvalue weighted by atomic mass is 16.6. The Morgan fingerprint density at radius 3 is 2.94 bits per heavy atom. The summed E-state index contributed by atoms with van der Waals surface area (Å²) in [6, 6.07) is 7.66. The van der Waals surface area contributed by atoms with Gasteiger partial charge in [-0.1, -0.05) is 12.1 Å². The SMILES string of the molecule is OC1(CC2COc3ccccc3O2)CCNC1. The average Bonchev–Trinajstić information content (AvgIpc) is 2.76. The molecular formula is C13H17NO3. The van der Waals surface area contributed by atoms with Crippen LogP contribution < -0.4 is 14.8 Å². The van der Waals surface area contributed by atoms with Gasteiger partial charge in [-0.05, 0) is 25.1 Å². The van der Waals surface area contributed by atoms with Crippen molar-refractivity contribution in [1.82, 2.24) is 5.32 Å². The predicted molar refractivity (Wildman–Crippen MR) is 63.4 cm³/mol. The van der Waals surface area contributed by atoms with Gasteiger partial charge >= 0.3 is 0 Å². The van der Waals surface area contributed by atoms with Gasteiger partial charge in [0.15, 0.2) is 11.5 Å². The van der Waals surface area contributed by atoms with E-state index in [9.17, 15) is 5.11 Å². The van der Waals surface area contributed by atoms with Crippen LogP contribution in [0, 0.1) is 0 Å². The quantitative estimate of drug-likeness (QED) is 0.801. The lowest BCUT2D eigenvalue weighted by molar-refractivity contribution is -0.0109. The van der Waals surface area contributed by atoms with Gasteiger partial charge in [-0.2, -0.15) is 0 Å².